The second-order valence-corrected chi connectivity index (χ2v) is 8.42. The number of rotatable bonds is 6. The Hall–Kier alpha value is -4.37. The number of aromatic hydroxyl groups is 1. The minimum atomic E-state index is -1.10. The van der Waals surface area contributed by atoms with E-state index >= 15 is 0 Å². The lowest BCUT2D eigenvalue weighted by Crippen LogP contribution is -2.30. The van der Waals surface area contributed by atoms with Crippen molar-refractivity contribution in [2.75, 3.05) is 11.5 Å². The van der Waals surface area contributed by atoms with Crippen LogP contribution in [0.1, 0.15) is 29.7 Å². The molecule has 1 amide bonds. The summed E-state index contributed by atoms with van der Waals surface area (Å²) in [4.78, 5) is 38.3. The lowest BCUT2D eigenvalue weighted by Gasteiger charge is -2.27. The minimum absolute atomic E-state index is 0.121. The summed E-state index contributed by atoms with van der Waals surface area (Å²) in [6.45, 7) is 3.70. The van der Waals surface area contributed by atoms with Gasteiger partial charge in [-0.3, -0.25) is 24.6 Å². The number of non-ortho nitro benzene ring substituents is 1. The van der Waals surface area contributed by atoms with Crippen molar-refractivity contribution >= 4 is 40.4 Å². The van der Waals surface area contributed by atoms with Crippen LogP contribution in [0.5, 0.6) is 11.5 Å². The van der Waals surface area contributed by atoms with Crippen LogP contribution < -0.4 is 9.64 Å². The summed E-state index contributed by atoms with van der Waals surface area (Å²) < 4.78 is 5.49. The molecule has 1 fully saturated rings. The second kappa shape index (κ2) is 9.71. The molecule has 0 bridgehead atoms. The van der Waals surface area contributed by atoms with Crippen molar-refractivity contribution < 1.29 is 29.5 Å². The molecular weight excluding hydrogens is 488 g/mol. The smallest absolute Gasteiger partial charge is 0.300 e. The maximum atomic E-state index is 13.3. The largest absolute Gasteiger partial charge is 0.507 e. The zero-order valence-electron chi connectivity index (χ0n) is 19.3. The van der Waals surface area contributed by atoms with Gasteiger partial charge in [0.2, 0.25) is 0 Å². The third kappa shape index (κ3) is 4.25. The SMILES string of the molecule is CCOc1cc(C2/C(=C(\O)c3ccc([N+](=O)[O-])cc3)C(=O)C(=O)N2c2cccc(Cl)c2C)ccc1O. The fourth-order valence-corrected chi connectivity index (χ4v) is 4.29. The number of halogens is 1. The quantitative estimate of drug-likeness (QED) is 0.152. The number of hydrogen-bond donors (Lipinski definition) is 2. The maximum Gasteiger partial charge on any atom is 0.300 e. The van der Waals surface area contributed by atoms with Gasteiger partial charge < -0.3 is 14.9 Å². The molecule has 0 aliphatic carbocycles. The number of benzene rings is 3. The van der Waals surface area contributed by atoms with Gasteiger partial charge in [0, 0.05) is 28.4 Å². The molecule has 0 saturated carbocycles. The average molecular weight is 509 g/mol. The molecule has 1 heterocycles. The highest BCUT2D eigenvalue weighted by Crippen LogP contribution is 2.45. The number of carbonyl (C=O) groups excluding carboxylic acids is 2. The molecule has 3 aromatic rings. The summed E-state index contributed by atoms with van der Waals surface area (Å²) in [5.74, 6) is -2.33. The Labute approximate surface area is 211 Å². The molecule has 9 nitrogen and oxygen atoms in total. The summed E-state index contributed by atoms with van der Waals surface area (Å²) in [6.07, 6.45) is 0. The van der Waals surface area contributed by atoms with Crippen LogP contribution in [0.15, 0.2) is 66.2 Å². The lowest BCUT2D eigenvalue weighted by molar-refractivity contribution is -0.384. The van der Waals surface area contributed by atoms with Crippen molar-refractivity contribution in [3.05, 3.63) is 98.1 Å². The minimum Gasteiger partial charge on any atom is -0.507 e. The first kappa shape index (κ1) is 24.7. The number of nitro groups is 1. The van der Waals surface area contributed by atoms with Crippen LogP contribution in [0.2, 0.25) is 5.02 Å². The van der Waals surface area contributed by atoms with Gasteiger partial charge in [-0.15, -0.1) is 0 Å². The Balaban J connectivity index is 1.97. The number of amides is 1. The van der Waals surface area contributed by atoms with Gasteiger partial charge in [-0.05, 0) is 61.4 Å². The first-order valence-electron chi connectivity index (χ1n) is 10.9. The molecule has 1 saturated heterocycles. The Morgan fingerprint density at radius 3 is 2.47 bits per heavy atom. The van der Waals surface area contributed by atoms with Crippen molar-refractivity contribution in [1.82, 2.24) is 0 Å². The fraction of sp³-hybridized carbons (Fsp3) is 0.154. The molecule has 1 aliphatic heterocycles. The molecule has 2 N–H and O–H groups in total. The third-order valence-electron chi connectivity index (χ3n) is 5.89. The molecule has 1 aliphatic rings. The topological polar surface area (TPSA) is 130 Å². The molecule has 184 valence electrons. The van der Waals surface area contributed by atoms with Crippen molar-refractivity contribution in [3.8, 4) is 11.5 Å². The number of hydrogen-bond acceptors (Lipinski definition) is 7. The van der Waals surface area contributed by atoms with Crippen LogP contribution in [-0.2, 0) is 9.59 Å². The summed E-state index contributed by atoms with van der Waals surface area (Å²) in [6, 6.07) is 13.2. The van der Waals surface area contributed by atoms with E-state index in [4.69, 9.17) is 16.3 Å². The molecule has 36 heavy (non-hydrogen) atoms. The summed E-state index contributed by atoms with van der Waals surface area (Å²) in [5, 5.41) is 32.8. The zero-order chi connectivity index (χ0) is 26.1. The molecule has 1 atom stereocenters. The van der Waals surface area contributed by atoms with Crippen LogP contribution in [0.4, 0.5) is 11.4 Å². The van der Waals surface area contributed by atoms with Crippen LogP contribution in [0, 0.1) is 17.0 Å². The van der Waals surface area contributed by atoms with Crippen molar-refractivity contribution in [3.63, 3.8) is 0 Å². The molecule has 0 spiro atoms. The summed E-state index contributed by atoms with van der Waals surface area (Å²) in [7, 11) is 0. The predicted octanol–water partition coefficient (Wildman–Crippen LogP) is 5.29. The van der Waals surface area contributed by atoms with E-state index < -0.39 is 28.4 Å². The van der Waals surface area contributed by atoms with Gasteiger partial charge in [0.05, 0.1) is 23.1 Å². The number of phenolic OH excluding ortho intramolecular Hbond substituents is 1. The summed E-state index contributed by atoms with van der Waals surface area (Å²) >= 11 is 6.30. The number of ketones is 1. The fourth-order valence-electron chi connectivity index (χ4n) is 4.12. The van der Waals surface area contributed by atoms with Crippen LogP contribution in [-0.4, -0.2) is 33.4 Å². The van der Waals surface area contributed by atoms with Gasteiger partial charge in [0.1, 0.15) is 5.76 Å². The van der Waals surface area contributed by atoms with E-state index in [9.17, 15) is 29.9 Å². The van der Waals surface area contributed by atoms with Crippen LogP contribution >= 0.6 is 11.6 Å². The highest BCUT2D eigenvalue weighted by Gasteiger charge is 2.47. The number of ether oxygens (including phenoxy) is 1. The van der Waals surface area contributed by atoms with Gasteiger partial charge in [0.15, 0.2) is 11.5 Å². The normalized spacial score (nSPS) is 16.9. The van der Waals surface area contributed by atoms with Crippen LogP contribution in [0.25, 0.3) is 5.76 Å². The molecular formula is C26H21ClN2O7. The first-order valence-corrected chi connectivity index (χ1v) is 11.3. The van der Waals surface area contributed by atoms with E-state index in [1.165, 1.54) is 47.4 Å². The predicted molar refractivity (Wildman–Crippen MR) is 133 cm³/mol. The number of Topliss-reactive ketones (excluding diaryl/α,β-unsaturated/α-hetero) is 1. The Morgan fingerprint density at radius 1 is 1.14 bits per heavy atom. The van der Waals surface area contributed by atoms with E-state index in [1.807, 2.05) is 0 Å². The van der Waals surface area contributed by atoms with Crippen molar-refractivity contribution in [2.45, 2.75) is 19.9 Å². The van der Waals surface area contributed by atoms with Crippen molar-refractivity contribution in [2.24, 2.45) is 0 Å². The number of aliphatic hydroxyl groups excluding tert-OH is 1. The second-order valence-electron chi connectivity index (χ2n) is 8.02. The van der Waals surface area contributed by atoms with E-state index in [0.29, 0.717) is 21.8 Å². The van der Waals surface area contributed by atoms with Gasteiger partial charge in [-0.2, -0.15) is 0 Å². The number of nitrogens with zero attached hydrogens (tertiary/aromatic N) is 2. The average Bonchev–Trinajstić information content (AvgIpc) is 3.12. The Kier molecular flexibility index (Phi) is 6.67. The highest BCUT2D eigenvalue weighted by atomic mass is 35.5. The molecule has 0 radical (unpaired) electrons. The molecule has 1 unspecified atom stereocenters. The van der Waals surface area contributed by atoms with E-state index in [0.717, 1.165) is 0 Å². The number of aliphatic hydroxyl groups is 1. The monoisotopic (exact) mass is 508 g/mol. The number of carbonyl (C=O) groups is 2. The number of phenols is 1. The standard InChI is InChI=1S/C26H21ClN2O7/c1-3-36-21-13-16(9-12-20(21)30)23-22(24(31)15-7-10-17(11-8-15)29(34)35)25(32)26(33)28(23)19-6-4-5-18(27)14(19)2/h4-13,23,30-31H,3H2,1-2H3/b24-22+. The van der Waals surface area contributed by atoms with Gasteiger partial charge >= 0.3 is 0 Å². The van der Waals surface area contributed by atoms with Gasteiger partial charge in [-0.1, -0.05) is 23.7 Å². The summed E-state index contributed by atoms with van der Waals surface area (Å²) in [5.41, 5.74) is 1.00. The molecule has 10 heteroatoms. The first-order chi connectivity index (χ1) is 17.1. The number of nitro benzene ring substituents is 1. The molecule has 3 aromatic carbocycles. The third-order valence-corrected chi connectivity index (χ3v) is 6.30. The zero-order valence-corrected chi connectivity index (χ0v) is 20.0. The molecule has 4 rings (SSSR count). The van der Waals surface area contributed by atoms with Crippen LogP contribution in [0.3, 0.4) is 0 Å². The maximum absolute atomic E-state index is 13.3. The van der Waals surface area contributed by atoms with E-state index in [1.54, 1.807) is 32.0 Å². The Morgan fingerprint density at radius 2 is 1.83 bits per heavy atom. The lowest BCUT2D eigenvalue weighted by atomic mass is 9.94. The van der Waals surface area contributed by atoms with E-state index in [2.05, 4.69) is 0 Å². The van der Waals surface area contributed by atoms with Crippen molar-refractivity contribution in [1.29, 1.82) is 0 Å². The van der Waals surface area contributed by atoms with Gasteiger partial charge in [0.25, 0.3) is 17.4 Å². The number of anilines is 1. The molecule has 0 aromatic heterocycles. The Bertz CT molecular complexity index is 1420. The van der Waals surface area contributed by atoms with Gasteiger partial charge in [-0.25, -0.2) is 0 Å². The highest BCUT2D eigenvalue weighted by molar-refractivity contribution is 6.52. The van der Waals surface area contributed by atoms with E-state index in [-0.39, 0.29) is 34.9 Å².